The van der Waals surface area contributed by atoms with Crippen molar-refractivity contribution < 1.29 is 5.11 Å². The van der Waals surface area contributed by atoms with E-state index >= 15 is 0 Å². The molecular formula is C19H21ClN4OS. The van der Waals surface area contributed by atoms with Crippen molar-refractivity contribution in [1.82, 2.24) is 9.97 Å². The van der Waals surface area contributed by atoms with Gasteiger partial charge in [0, 0.05) is 22.9 Å². The fourth-order valence-corrected chi connectivity index (χ4v) is 3.96. The molecule has 3 aromatic rings. The largest absolute Gasteiger partial charge is 0.396 e. The highest BCUT2D eigenvalue weighted by atomic mass is 35.5. The minimum absolute atomic E-state index is 0.184. The smallest absolute Gasteiger partial charge is 0.130 e. The molecule has 0 bridgehead atoms. The SMILES string of the molecule is Cc1c(-c2cnc(/C=C\C(N)=NCCCCO)[nH]2)sc2ccc(Cl)cc12. The van der Waals surface area contributed by atoms with Crippen LogP contribution < -0.4 is 5.73 Å². The Morgan fingerprint density at radius 2 is 2.27 bits per heavy atom. The highest BCUT2D eigenvalue weighted by Gasteiger charge is 2.12. The first kappa shape index (κ1) is 18.6. The maximum absolute atomic E-state index is 8.75. The number of hydrogen-bond acceptors (Lipinski definition) is 4. The third-order valence-corrected chi connectivity index (χ3v) is 5.55. The maximum atomic E-state index is 8.75. The van der Waals surface area contributed by atoms with Crippen LogP contribution in [0.4, 0.5) is 0 Å². The number of aliphatic hydroxyl groups excluding tert-OH is 1. The standard InChI is InChI=1S/C19H21ClN4OS/c1-12-14-10-13(20)4-5-16(14)26-19(12)15-11-23-18(24-15)7-6-17(21)22-8-2-3-9-25/h4-7,10-11,25H,2-3,8-9H2,1H3,(H2,21,22)(H,23,24)/b7-6-. The van der Waals surface area contributed by atoms with Crippen molar-refractivity contribution in [1.29, 1.82) is 0 Å². The van der Waals surface area contributed by atoms with E-state index in [1.165, 1.54) is 15.6 Å². The Bertz CT molecular complexity index is 958. The van der Waals surface area contributed by atoms with Crippen molar-refractivity contribution in [2.75, 3.05) is 13.2 Å². The van der Waals surface area contributed by atoms with E-state index in [1.54, 1.807) is 17.4 Å². The van der Waals surface area contributed by atoms with Crippen molar-refractivity contribution in [3.05, 3.63) is 46.9 Å². The van der Waals surface area contributed by atoms with Crippen LogP contribution in [0.5, 0.6) is 0 Å². The number of nitrogens with zero attached hydrogens (tertiary/aromatic N) is 2. The zero-order valence-electron chi connectivity index (χ0n) is 14.5. The molecule has 2 heterocycles. The van der Waals surface area contributed by atoms with Gasteiger partial charge in [-0.05, 0) is 61.1 Å². The predicted octanol–water partition coefficient (Wildman–Crippen LogP) is 4.40. The number of unbranched alkanes of at least 4 members (excludes halogenated alkanes) is 1. The van der Waals surface area contributed by atoms with Crippen LogP contribution in [0.15, 0.2) is 35.5 Å². The molecule has 136 valence electrons. The second-order valence-electron chi connectivity index (χ2n) is 5.95. The summed E-state index contributed by atoms with van der Waals surface area (Å²) in [4.78, 5) is 13.1. The van der Waals surface area contributed by atoms with E-state index < -0.39 is 0 Å². The number of fused-ring (bicyclic) bond motifs is 1. The van der Waals surface area contributed by atoms with Gasteiger partial charge in [-0.3, -0.25) is 4.99 Å². The van der Waals surface area contributed by atoms with Crippen LogP contribution in [-0.4, -0.2) is 34.1 Å². The van der Waals surface area contributed by atoms with Gasteiger partial charge in [-0.15, -0.1) is 11.3 Å². The summed E-state index contributed by atoms with van der Waals surface area (Å²) >= 11 is 7.83. The molecule has 0 aliphatic carbocycles. The number of H-pyrrole nitrogens is 1. The molecule has 0 atom stereocenters. The van der Waals surface area contributed by atoms with Gasteiger partial charge in [0.05, 0.1) is 16.8 Å². The minimum atomic E-state index is 0.184. The predicted molar refractivity (Wildman–Crippen MR) is 111 cm³/mol. The topological polar surface area (TPSA) is 87.3 Å². The van der Waals surface area contributed by atoms with E-state index in [0.29, 0.717) is 12.4 Å². The summed E-state index contributed by atoms with van der Waals surface area (Å²) in [6.45, 7) is 2.89. The Balaban J connectivity index is 1.76. The van der Waals surface area contributed by atoms with Gasteiger partial charge < -0.3 is 15.8 Å². The maximum Gasteiger partial charge on any atom is 0.130 e. The molecular weight excluding hydrogens is 368 g/mol. The van der Waals surface area contributed by atoms with Gasteiger partial charge >= 0.3 is 0 Å². The van der Waals surface area contributed by atoms with Gasteiger partial charge in [-0.1, -0.05) is 11.6 Å². The summed E-state index contributed by atoms with van der Waals surface area (Å²) in [5.74, 6) is 1.18. The van der Waals surface area contributed by atoms with Crippen LogP contribution in [0.2, 0.25) is 5.02 Å². The van der Waals surface area contributed by atoms with Gasteiger partial charge in [-0.25, -0.2) is 4.98 Å². The summed E-state index contributed by atoms with van der Waals surface area (Å²) in [6.07, 6.45) is 6.94. The van der Waals surface area contributed by atoms with Gasteiger partial charge in [0.2, 0.25) is 0 Å². The molecule has 4 N–H and O–H groups in total. The molecule has 2 aromatic heterocycles. The summed E-state index contributed by atoms with van der Waals surface area (Å²) in [7, 11) is 0. The van der Waals surface area contributed by atoms with Gasteiger partial charge in [0.25, 0.3) is 0 Å². The summed E-state index contributed by atoms with van der Waals surface area (Å²) in [6, 6.07) is 5.95. The molecule has 0 radical (unpaired) electrons. The van der Waals surface area contributed by atoms with Crippen LogP contribution in [-0.2, 0) is 0 Å². The van der Waals surface area contributed by atoms with E-state index in [2.05, 4.69) is 21.9 Å². The van der Waals surface area contributed by atoms with Crippen LogP contribution in [0.3, 0.4) is 0 Å². The summed E-state index contributed by atoms with van der Waals surface area (Å²) in [5, 5.41) is 10.7. The van der Waals surface area contributed by atoms with Gasteiger partial charge in [-0.2, -0.15) is 0 Å². The molecule has 0 aliphatic rings. The number of imidazole rings is 1. The van der Waals surface area contributed by atoms with E-state index in [-0.39, 0.29) is 6.61 Å². The summed E-state index contributed by atoms with van der Waals surface area (Å²) < 4.78 is 1.20. The molecule has 7 heteroatoms. The lowest BCUT2D eigenvalue weighted by atomic mass is 10.1. The molecule has 0 spiro atoms. The monoisotopic (exact) mass is 388 g/mol. The number of nitrogens with one attached hydrogen (secondary N) is 1. The lowest BCUT2D eigenvalue weighted by Crippen LogP contribution is -2.08. The Kier molecular flexibility index (Phi) is 6.08. The van der Waals surface area contributed by atoms with Crippen LogP contribution in [0.25, 0.3) is 26.7 Å². The van der Waals surface area contributed by atoms with E-state index in [0.717, 1.165) is 34.3 Å². The zero-order chi connectivity index (χ0) is 18.5. The molecule has 0 saturated carbocycles. The van der Waals surface area contributed by atoms with Crippen LogP contribution >= 0.6 is 22.9 Å². The van der Waals surface area contributed by atoms with E-state index in [4.69, 9.17) is 22.4 Å². The fourth-order valence-electron chi connectivity index (χ4n) is 2.64. The number of benzene rings is 1. The van der Waals surface area contributed by atoms with Crippen LogP contribution in [0.1, 0.15) is 24.2 Å². The number of aliphatic hydroxyl groups is 1. The molecule has 5 nitrogen and oxygen atoms in total. The van der Waals surface area contributed by atoms with Crippen molar-refractivity contribution >= 4 is 44.9 Å². The first-order valence-corrected chi connectivity index (χ1v) is 9.61. The highest BCUT2D eigenvalue weighted by molar-refractivity contribution is 7.22. The number of aromatic nitrogens is 2. The van der Waals surface area contributed by atoms with Gasteiger partial charge in [0.1, 0.15) is 11.7 Å². The number of thiophene rings is 1. The normalized spacial score (nSPS) is 12.5. The molecule has 26 heavy (non-hydrogen) atoms. The van der Waals surface area contributed by atoms with Crippen molar-refractivity contribution in [2.45, 2.75) is 19.8 Å². The number of aryl methyl sites for hydroxylation is 1. The number of hydrogen-bond donors (Lipinski definition) is 3. The van der Waals surface area contributed by atoms with Gasteiger partial charge in [0.15, 0.2) is 0 Å². The molecule has 1 aromatic carbocycles. The fraction of sp³-hybridized carbons (Fsp3) is 0.263. The Morgan fingerprint density at radius 1 is 1.42 bits per heavy atom. The van der Waals surface area contributed by atoms with E-state index in [1.807, 2.05) is 30.5 Å². The number of nitrogens with two attached hydrogens (primary N) is 1. The second kappa shape index (κ2) is 8.49. The highest BCUT2D eigenvalue weighted by Crippen LogP contribution is 2.38. The second-order valence-corrected chi connectivity index (χ2v) is 7.44. The zero-order valence-corrected chi connectivity index (χ0v) is 16.1. The number of rotatable bonds is 7. The Labute approximate surface area is 161 Å². The third kappa shape index (κ3) is 4.33. The molecule has 0 unspecified atom stereocenters. The average Bonchev–Trinajstić information content (AvgIpc) is 3.22. The summed E-state index contributed by atoms with van der Waals surface area (Å²) in [5.41, 5.74) is 8.02. The Hall–Kier alpha value is -2.15. The van der Waals surface area contributed by atoms with Crippen LogP contribution in [0, 0.1) is 6.92 Å². The van der Waals surface area contributed by atoms with Crippen molar-refractivity contribution in [2.24, 2.45) is 10.7 Å². The van der Waals surface area contributed by atoms with Crippen molar-refractivity contribution in [3.63, 3.8) is 0 Å². The number of halogens is 1. The minimum Gasteiger partial charge on any atom is -0.396 e. The molecule has 0 aliphatic heterocycles. The quantitative estimate of drug-likeness (QED) is 0.318. The number of amidine groups is 1. The molecule has 0 fully saturated rings. The third-order valence-electron chi connectivity index (χ3n) is 4.01. The van der Waals surface area contributed by atoms with Crippen molar-refractivity contribution in [3.8, 4) is 10.6 Å². The lowest BCUT2D eigenvalue weighted by molar-refractivity contribution is 0.285. The van der Waals surface area contributed by atoms with E-state index in [9.17, 15) is 0 Å². The first-order valence-electron chi connectivity index (χ1n) is 8.41. The molecule has 0 saturated heterocycles. The Morgan fingerprint density at radius 3 is 3.08 bits per heavy atom. The lowest BCUT2D eigenvalue weighted by Gasteiger charge is -1.96. The molecule has 3 rings (SSSR count). The number of aromatic amines is 1. The first-order chi connectivity index (χ1) is 12.6. The molecule has 0 amide bonds. The number of aliphatic imine (C=N–C) groups is 1. The average molecular weight is 389 g/mol.